The van der Waals surface area contributed by atoms with Crippen LogP contribution in [0.2, 0.25) is 0 Å². The fourth-order valence-corrected chi connectivity index (χ4v) is 4.81. The van der Waals surface area contributed by atoms with E-state index in [0.717, 1.165) is 25.5 Å². The Hall–Kier alpha value is -3.81. The quantitative estimate of drug-likeness (QED) is 0.263. The van der Waals surface area contributed by atoms with Crippen molar-refractivity contribution in [1.82, 2.24) is 29.3 Å². The van der Waals surface area contributed by atoms with Crippen molar-refractivity contribution in [3.8, 4) is 11.3 Å². The average Bonchev–Trinajstić information content (AvgIpc) is 3.63. The van der Waals surface area contributed by atoms with Crippen molar-refractivity contribution in [2.24, 2.45) is 7.05 Å². The van der Waals surface area contributed by atoms with Gasteiger partial charge >= 0.3 is 6.18 Å². The maximum atomic E-state index is 14.9. The predicted octanol–water partition coefficient (Wildman–Crippen LogP) is 4.99. The number of aromatic nitrogens is 6. The average molecular weight is 550 g/mol. The van der Waals surface area contributed by atoms with E-state index in [1.807, 2.05) is 10.9 Å². The largest absolute Gasteiger partial charge is 0.449 e. The zero-order chi connectivity index (χ0) is 27.6. The summed E-state index contributed by atoms with van der Waals surface area (Å²) in [6.07, 6.45) is 0.990. The first-order valence-corrected chi connectivity index (χ1v) is 12.2. The van der Waals surface area contributed by atoms with E-state index in [-0.39, 0.29) is 18.5 Å². The first-order valence-electron chi connectivity index (χ1n) is 12.2. The molecule has 0 N–H and O–H groups in total. The third-order valence-corrected chi connectivity index (χ3v) is 7.03. The Morgan fingerprint density at radius 1 is 0.974 bits per heavy atom. The Labute approximate surface area is 216 Å². The van der Waals surface area contributed by atoms with Crippen LogP contribution in [0.4, 0.5) is 26.3 Å². The summed E-state index contributed by atoms with van der Waals surface area (Å²) in [5.41, 5.74) is -2.68. The fourth-order valence-electron chi connectivity index (χ4n) is 4.81. The maximum Gasteiger partial charge on any atom is 0.449 e. The maximum absolute atomic E-state index is 14.9. The summed E-state index contributed by atoms with van der Waals surface area (Å²) in [7, 11) is 0.888. The van der Waals surface area contributed by atoms with E-state index in [1.54, 1.807) is 6.20 Å². The lowest BCUT2D eigenvalue weighted by atomic mass is 9.92. The van der Waals surface area contributed by atoms with E-state index < -0.39 is 69.3 Å². The van der Waals surface area contributed by atoms with Crippen molar-refractivity contribution in [3.63, 3.8) is 0 Å². The van der Waals surface area contributed by atoms with Gasteiger partial charge in [0.2, 0.25) is 5.82 Å². The van der Waals surface area contributed by atoms with E-state index in [1.165, 1.54) is 0 Å². The van der Waals surface area contributed by atoms with Crippen LogP contribution in [0.3, 0.4) is 0 Å². The number of halogens is 6. The molecule has 0 unspecified atom stereocenters. The number of rotatable bonds is 4. The monoisotopic (exact) mass is 550 g/mol. The third-order valence-electron chi connectivity index (χ3n) is 7.03. The number of benzene rings is 1. The standard InChI is InChI=1S/C25H20F6N6O2/c1-36-23(38)21-20(35-24(36)25(29,30)31)19(14-7-16(27)17(28)8-15(14)26)33-22(34-21)11-4-5-39-18(6-11)12-9-32-37(10-12)13-2-3-13/h7-11,13,18H,2-6H2,1H3/t11-,18+/m0/s1. The van der Waals surface area contributed by atoms with Crippen LogP contribution in [0.5, 0.6) is 0 Å². The molecule has 8 nitrogen and oxygen atoms in total. The molecule has 2 fully saturated rings. The molecule has 6 rings (SSSR count). The first-order chi connectivity index (χ1) is 18.5. The van der Waals surface area contributed by atoms with Gasteiger partial charge in [0.25, 0.3) is 5.56 Å². The van der Waals surface area contributed by atoms with Crippen molar-refractivity contribution in [2.75, 3.05) is 6.61 Å². The van der Waals surface area contributed by atoms with Crippen LogP contribution in [0.1, 0.15) is 61.0 Å². The molecule has 14 heteroatoms. The van der Waals surface area contributed by atoms with Crippen LogP contribution in [-0.2, 0) is 18.0 Å². The highest BCUT2D eigenvalue weighted by Crippen LogP contribution is 2.40. The number of hydrogen-bond donors (Lipinski definition) is 0. The highest BCUT2D eigenvalue weighted by atomic mass is 19.4. The second-order valence-corrected chi connectivity index (χ2v) is 9.74. The third kappa shape index (κ3) is 4.56. The van der Waals surface area contributed by atoms with Crippen LogP contribution < -0.4 is 5.56 Å². The van der Waals surface area contributed by atoms with Gasteiger partial charge in [-0.3, -0.25) is 14.0 Å². The molecule has 204 valence electrons. The highest BCUT2D eigenvalue weighted by Gasteiger charge is 2.38. The SMILES string of the molecule is Cn1c(C(F)(F)F)nc2c(-c3cc(F)c(F)cc3F)nc([C@H]3CCO[C@@H](c4cnn(C5CC5)c4)C3)nc2c1=O. The van der Waals surface area contributed by atoms with Gasteiger partial charge in [-0.05, 0) is 31.7 Å². The lowest BCUT2D eigenvalue weighted by Crippen LogP contribution is -2.29. The van der Waals surface area contributed by atoms with Crippen molar-refractivity contribution in [1.29, 1.82) is 0 Å². The lowest BCUT2D eigenvalue weighted by molar-refractivity contribution is -0.147. The first kappa shape index (κ1) is 25.5. The second kappa shape index (κ2) is 9.14. The minimum Gasteiger partial charge on any atom is -0.373 e. The summed E-state index contributed by atoms with van der Waals surface area (Å²) in [5.74, 6) is -6.21. The molecule has 2 atom stereocenters. The number of fused-ring (bicyclic) bond motifs is 1. The Morgan fingerprint density at radius 3 is 2.44 bits per heavy atom. The summed E-state index contributed by atoms with van der Waals surface area (Å²) in [5, 5.41) is 4.37. The summed E-state index contributed by atoms with van der Waals surface area (Å²) in [4.78, 5) is 25.2. The molecule has 4 heterocycles. The molecule has 3 aromatic heterocycles. The van der Waals surface area contributed by atoms with E-state index in [9.17, 15) is 31.1 Å². The van der Waals surface area contributed by atoms with Crippen molar-refractivity contribution >= 4 is 11.0 Å². The summed E-state index contributed by atoms with van der Waals surface area (Å²) >= 11 is 0. The number of hydrogen-bond acceptors (Lipinski definition) is 6. The highest BCUT2D eigenvalue weighted by molar-refractivity contribution is 5.88. The Balaban J connectivity index is 1.50. The number of nitrogens with zero attached hydrogens (tertiary/aromatic N) is 6. The molecule has 0 bridgehead atoms. The van der Waals surface area contributed by atoms with Gasteiger partial charge in [0, 0.05) is 43.0 Å². The van der Waals surface area contributed by atoms with Gasteiger partial charge in [-0.15, -0.1) is 0 Å². The van der Waals surface area contributed by atoms with Crippen LogP contribution in [0.15, 0.2) is 29.3 Å². The van der Waals surface area contributed by atoms with Crippen molar-refractivity contribution < 1.29 is 31.1 Å². The molecule has 4 aromatic rings. The van der Waals surface area contributed by atoms with Gasteiger partial charge in [-0.1, -0.05) is 0 Å². The van der Waals surface area contributed by atoms with Gasteiger partial charge in [0.05, 0.1) is 18.3 Å². The van der Waals surface area contributed by atoms with E-state index in [0.29, 0.717) is 29.5 Å². The van der Waals surface area contributed by atoms with Crippen molar-refractivity contribution in [2.45, 2.75) is 49.9 Å². The summed E-state index contributed by atoms with van der Waals surface area (Å²) in [6.45, 7) is 0.281. The van der Waals surface area contributed by atoms with E-state index in [2.05, 4.69) is 20.1 Å². The topological polar surface area (TPSA) is 87.7 Å². The molecule has 0 amide bonds. The smallest absolute Gasteiger partial charge is 0.373 e. The molecule has 1 saturated heterocycles. The Morgan fingerprint density at radius 2 is 1.72 bits per heavy atom. The molecule has 0 radical (unpaired) electrons. The zero-order valence-electron chi connectivity index (χ0n) is 20.3. The number of alkyl halides is 3. The van der Waals surface area contributed by atoms with Gasteiger partial charge in [0.15, 0.2) is 17.2 Å². The van der Waals surface area contributed by atoms with Gasteiger partial charge in [-0.25, -0.2) is 28.1 Å². The molecule has 1 aromatic carbocycles. The molecule has 39 heavy (non-hydrogen) atoms. The molecule has 1 aliphatic carbocycles. The van der Waals surface area contributed by atoms with Crippen LogP contribution in [0.25, 0.3) is 22.3 Å². The Kier molecular flexibility index (Phi) is 5.97. The molecule has 1 saturated carbocycles. The molecule has 1 aliphatic heterocycles. The molecular weight excluding hydrogens is 530 g/mol. The van der Waals surface area contributed by atoms with Crippen LogP contribution >= 0.6 is 0 Å². The summed E-state index contributed by atoms with van der Waals surface area (Å²) in [6, 6.07) is 1.09. The van der Waals surface area contributed by atoms with Crippen LogP contribution in [-0.4, -0.2) is 35.9 Å². The van der Waals surface area contributed by atoms with E-state index in [4.69, 9.17) is 4.74 Å². The molecule has 0 spiro atoms. The van der Waals surface area contributed by atoms with Gasteiger partial charge < -0.3 is 4.74 Å². The minimum absolute atomic E-state index is 0.0307. The number of ether oxygens (including phenoxy) is 1. The van der Waals surface area contributed by atoms with Gasteiger partial charge in [-0.2, -0.15) is 18.3 Å². The zero-order valence-corrected chi connectivity index (χ0v) is 20.3. The minimum atomic E-state index is -5.04. The summed E-state index contributed by atoms with van der Waals surface area (Å²) < 4.78 is 91.7. The predicted molar refractivity (Wildman–Crippen MR) is 124 cm³/mol. The van der Waals surface area contributed by atoms with Crippen LogP contribution in [0, 0.1) is 17.5 Å². The van der Waals surface area contributed by atoms with E-state index >= 15 is 0 Å². The van der Waals surface area contributed by atoms with Gasteiger partial charge in [0.1, 0.15) is 22.9 Å². The fraction of sp³-hybridized carbons (Fsp3) is 0.400. The van der Waals surface area contributed by atoms with Crippen molar-refractivity contribution in [3.05, 3.63) is 69.5 Å². The Bertz CT molecular complexity index is 1660. The lowest BCUT2D eigenvalue weighted by Gasteiger charge is -2.28. The molecule has 2 aliphatic rings. The normalized spacial score (nSPS) is 20.1. The molecular formula is C25H20F6N6O2. The second-order valence-electron chi connectivity index (χ2n) is 9.74.